The number of nitrogen functional groups attached to an aromatic ring is 1. The highest BCUT2D eigenvalue weighted by Gasteiger charge is 2.14. The molecule has 1 aliphatic heterocycles. The van der Waals surface area contributed by atoms with Gasteiger partial charge in [0, 0.05) is 16.6 Å². The van der Waals surface area contributed by atoms with Gasteiger partial charge in [-0.3, -0.25) is 4.99 Å². The molecule has 14 heavy (non-hydrogen) atoms. The first-order valence-corrected chi connectivity index (χ1v) is 5.45. The number of hydrogen-bond acceptors (Lipinski definition) is 4. The van der Waals surface area contributed by atoms with Crippen LogP contribution < -0.4 is 11.1 Å². The Kier molecular flexibility index (Phi) is 2.63. The predicted molar refractivity (Wildman–Crippen MR) is 63.8 cm³/mol. The number of aliphatic imine (C=N–C) groups is 1. The van der Waals surface area contributed by atoms with Crippen molar-refractivity contribution in [3.63, 3.8) is 0 Å². The molecule has 1 heterocycles. The molecular weight excluding hydrogens is 194 g/mol. The fourth-order valence-electron chi connectivity index (χ4n) is 1.24. The predicted octanol–water partition coefficient (Wildman–Crippen LogP) is 2.17. The zero-order chi connectivity index (χ0) is 9.97. The van der Waals surface area contributed by atoms with Crippen LogP contribution in [0.1, 0.15) is 6.92 Å². The van der Waals surface area contributed by atoms with Gasteiger partial charge < -0.3 is 11.1 Å². The molecule has 4 heteroatoms. The van der Waals surface area contributed by atoms with Crippen LogP contribution in [0.3, 0.4) is 0 Å². The fourth-order valence-corrected chi connectivity index (χ4v) is 2.09. The van der Waals surface area contributed by atoms with Crippen LogP contribution >= 0.6 is 11.8 Å². The number of anilines is 2. The zero-order valence-corrected chi connectivity index (χ0v) is 8.84. The van der Waals surface area contributed by atoms with Crippen molar-refractivity contribution in [1.82, 2.24) is 0 Å². The van der Waals surface area contributed by atoms with Crippen molar-refractivity contribution in [2.75, 3.05) is 17.6 Å². The van der Waals surface area contributed by atoms with E-state index in [4.69, 9.17) is 5.73 Å². The highest BCUT2D eigenvalue weighted by atomic mass is 32.2. The summed E-state index contributed by atoms with van der Waals surface area (Å²) in [6, 6.07) is 7.68. The molecule has 0 unspecified atom stereocenters. The van der Waals surface area contributed by atoms with Crippen LogP contribution in [0.2, 0.25) is 0 Å². The third-order valence-electron chi connectivity index (χ3n) is 1.97. The Bertz CT molecular complexity index is 345. The molecule has 0 spiro atoms. The third-order valence-corrected chi connectivity index (χ3v) is 2.97. The molecule has 0 saturated carbocycles. The van der Waals surface area contributed by atoms with Crippen LogP contribution in [0.25, 0.3) is 0 Å². The molecule has 3 nitrogen and oxygen atoms in total. The monoisotopic (exact) mass is 207 g/mol. The summed E-state index contributed by atoms with van der Waals surface area (Å²) >= 11 is 1.77. The maximum absolute atomic E-state index is 5.59. The van der Waals surface area contributed by atoms with E-state index in [1.54, 1.807) is 11.8 Å². The van der Waals surface area contributed by atoms with Gasteiger partial charge >= 0.3 is 0 Å². The van der Waals surface area contributed by atoms with Gasteiger partial charge in [0.15, 0.2) is 5.17 Å². The Morgan fingerprint density at radius 2 is 2.14 bits per heavy atom. The first-order chi connectivity index (χ1) is 6.74. The molecular formula is C10H13N3S. The zero-order valence-electron chi connectivity index (χ0n) is 8.03. The molecule has 1 aromatic rings. The van der Waals surface area contributed by atoms with Crippen molar-refractivity contribution in [3.8, 4) is 0 Å². The first kappa shape index (κ1) is 9.40. The molecule has 0 saturated heterocycles. The molecule has 0 aromatic heterocycles. The van der Waals surface area contributed by atoms with Crippen LogP contribution in [-0.4, -0.2) is 17.0 Å². The number of nitrogens with two attached hydrogens (primary N) is 1. The summed E-state index contributed by atoms with van der Waals surface area (Å²) in [6.07, 6.45) is 0. The summed E-state index contributed by atoms with van der Waals surface area (Å²) in [6.45, 7) is 3.08. The number of nitrogens with one attached hydrogen (secondary N) is 1. The molecule has 1 atom stereocenters. The van der Waals surface area contributed by atoms with Crippen molar-refractivity contribution in [2.45, 2.75) is 12.2 Å². The van der Waals surface area contributed by atoms with E-state index in [-0.39, 0.29) is 0 Å². The van der Waals surface area contributed by atoms with Gasteiger partial charge in [-0.15, -0.1) is 0 Å². The van der Waals surface area contributed by atoms with Gasteiger partial charge in [-0.25, -0.2) is 0 Å². The van der Waals surface area contributed by atoms with Crippen molar-refractivity contribution in [2.24, 2.45) is 4.99 Å². The van der Waals surface area contributed by atoms with Gasteiger partial charge in [-0.1, -0.05) is 18.7 Å². The second-order valence-corrected chi connectivity index (χ2v) is 4.75. The van der Waals surface area contributed by atoms with E-state index < -0.39 is 0 Å². The van der Waals surface area contributed by atoms with Crippen LogP contribution in [0.5, 0.6) is 0 Å². The van der Waals surface area contributed by atoms with Gasteiger partial charge in [-0.05, 0) is 24.3 Å². The summed E-state index contributed by atoms with van der Waals surface area (Å²) in [4.78, 5) is 4.37. The van der Waals surface area contributed by atoms with Crippen LogP contribution in [-0.2, 0) is 0 Å². The molecule has 0 radical (unpaired) electrons. The summed E-state index contributed by atoms with van der Waals surface area (Å²) in [5.74, 6) is 0. The third kappa shape index (κ3) is 2.20. The minimum absolute atomic E-state index is 0.589. The molecule has 0 fully saturated rings. The average molecular weight is 207 g/mol. The molecule has 74 valence electrons. The summed E-state index contributed by atoms with van der Waals surface area (Å²) < 4.78 is 0. The molecule has 0 amide bonds. The lowest BCUT2D eigenvalue weighted by Crippen LogP contribution is -2.05. The maximum atomic E-state index is 5.59. The standard InChI is InChI=1S/C10H13N3S/c1-7-6-12-10(14-7)13-9-4-2-8(11)3-5-9/h2-5,7H,6,11H2,1H3,(H,12,13)/t7-/m1/s1. The van der Waals surface area contributed by atoms with Gasteiger partial charge in [0.1, 0.15) is 0 Å². The van der Waals surface area contributed by atoms with Crippen molar-refractivity contribution in [1.29, 1.82) is 0 Å². The largest absolute Gasteiger partial charge is 0.399 e. The number of nitrogens with zero attached hydrogens (tertiary/aromatic N) is 1. The fraction of sp³-hybridized carbons (Fsp3) is 0.300. The Balaban J connectivity index is 2.01. The Labute approximate surface area is 87.8 Å². The van der Waals surface area contributed by atoms with E-state index in [1.165, 1.54) is 0 Å². The van der Waals surface area contributed by atoms with E-state index in [0.717, 1.165) is 23.1 Å². The van der Waals surface area contributed by atoms with Gasteiger partial charge in [0.25, 0.3) is 0 Å². The van der Waals surface area contributed by atoms with E-state index in [2.05, 4.69) is 17.2 Å². The minimum Gasteiger partial charge on any atom is -0.399 e. The van der Waals surface area contributed by atoms with E-state index in [0.29, 0.717) is 5.25 Å². The Morgan fingerprint density at radius 3 is 2.71 bits per heavy atom. The van der Waals surface area contributed by atoms with Crippen molar-refractivity contribution < 1.29 is 0 Å². The normalized spacial score (nSPS) is 20.6. The van der Waals surface area contributed by atoms with Crippen molar-refractivity contribution in [3.05, 3.63) is 24.3 Å². The Hall–Kier alpha value is -1.16. The number of amidine groups is 1. The SMILES string of the molecule is C[C@@H]1CN=C(Nc2ccc(N)cc2)S1. The number of rotatable bonds is 1. The molecule has 1 aliphatic rings. The van der Waals surface area contributed by atoms with Gasteiger partial charge in [0.2, 0.25) is 0 Å². The number of benzene rings is 1. The minimum atomic E-state index is 0.589. The van der Waals surface area contributed by atoms with Crippen molar-refractivity contribution >= 4 is 28.3 Å². The first-order valence-electron chi connectivity index (χ1n) is 4.58. The molecule has 2 rings (SSSR count). The number of thioether (sulfide) groups is 1. The topological polar surface area (TPSA) is 50.4 Å². The smallest absolute Gasteiger partial charge is 0.161 e. The number of hydrogen-bond donors (Lipinski definition) is 2. The quantitative estimate of drug-likeness (QED) is 0.694. The highest BCUT2D eigenvalue weighted by molar-refractivity contribution is 8.15. The van der Waals surface area contributed by atoms with Crippen LogP contribution in [0.4, 0.5) is 11.4 Å². The van der Waals surface area contributed by atoms with Gasteiger partial charge in [-0.2, -0.15) is 0 Å². The lowest BCUT2D eigenvalue weighted by molar-refractivity contribution is 0.976. The van der Waals surface area contributed by atoms with E-state index >= 15 is 0 Å². The summed E-state index contributed by atoms with van der Waals surface area (Å²) in [5.41, 5.74) is 7.42. The summed E-state index contributed by atoms with van der Waals surface area (Å²) in [7, 11) is 0. The van der Waals surface area contributed by atoms with Crippen LogP contribution in [0.15, 0.2) is 29.3 Å². The summed E-state index contributed by atoms with van der Waals surface area (Å²) in [5, 5.41) is 4.85. The molecule has 0 bridgehead atoms. The van der Waals surface area contributed by atoms with E-state index in [1.807, 2.05) is 24.3 Å². The maximum Gasteiger partial charge on any atom is 0.161 e. The van der Waals surface area contributed by atoms with E-state index in [9.17, 15) is 0 Å². The second kappa shape index (κ2) is 3.92. The highest BCUT2D eigenvalue weighted by Crippen LogP contribution is 2.22. The Morgan fingerprint density at radius 1 is 1.43 bits per heavy atom. The van der Waals surface area contributed by atoms with Gasteiger partial charge in [0.05, 0.1) is 6.54 Å². The lowest BCUT2D eigenvalue weighted by Gasteiger charge is -2.05. The van der Waals surface area contributed by atoms with Crippen LogP contribution in [0, 0.1) is 0 Å². The lowest BCUT2D eigenvalue weighted by atomic mass is 10.3. The molecule has 1 aromatic carbocycles. The average Bonchev–Trinajstić information content (AvgIpc) is 2.56. The second-order valence-electron chi connectivity index (χ2n) is 3.32. The molecule has 3 N–H and O–H groups in total. The molecule has 0 aliphatic carbocycles.